The highest BCUT2D eigenvalue weighted by Gasteiger charge is 2.10. The highest BCUT2D eigenvalue weighted by atomic mass is 79.9. The Kier molecular flexibility index (Phi) is 5.90. The van der Waals surface area contributed by atoms with Crippen LogP contribution in [0, 0.1) is 0 Å². The van der Waals surface area contributed by atoms with Gasteiger partial charge in [-0.1, -0.05) is 40.2 Å². The van der Waals surface area contributed by atoms with E-state index in [1.54, 1.807) is 6.20 Å². The summed E-state index contributed by atoms with van der Waals surface area (Å²) >= 11 is 3.52. The molecule has 2 rings (SSSR count). The molecule has 0 aliphatic carbocycles. The molecule has 0 fully saturated rings. The number of hydrogen-bond donors (Lipinski definition) is 2. The maximum Gasteiger partial charge on any atom is 0.234 e. The van der Waals surface area contributed by atoms with E-state index >= 15 is 0 Å². The lowest BCUT2D eigenvalue weighted by molar-refractivity contribution is -0.120. The molecular weight excluding hydrogens is 330 g/mol. The molecule has 1 heterocycles. The van der Waals surface area contributed by atoms with Gasteiger partial charge in [0.25, 0.3) is 0 Å². The van der Waals surface area contributed by atoms with Crippen molar-refractivity contribution in [2.45, 2.75) is 19.5 Å². The second-order valence-electron chi connectivity index (χ2n) is 4.72. The van der Waals surface area contributed by atoms with Crippen molar-refractivity contribution >= 4 is 21.8 Å². The first kappa shape index (κ1) is 15.7. The van der Waals surface area contributed by atoms with Gasteiger partial charge in [-0.15, -0.1) is 0 Å². The molecule has 0 radical (unpaired) electrons. The average molecular weight is 348 g/mol. The Balaban J connectivity index is 1.77. The van der Waals surface area contributed by atoms with Crippen LogP contribution in [0.4, 0.5) is 0 Å². The van der Waals surface area contributed by atoms with Crippen LogP contribution in [0.1, 0.15) is 24.2 Å². The summed E-state index contributed by atoms with van der Waals surface area (Å²) in [6.45, 7) is 2.76. The summed E-state index contributed by atoms with van der Waals surface area (Å²) in [5.74, 6) is -0.0421. The summed E-state index contributed by atoms with van der Waals surface area (Å²) in [5, 5.41) is 6.06. The molecule has 0 spiro atoms. The van der Waals surface area contributed by atoms with Gasteiger partial charge in [0.2, 0.25) is 5.91 Å². The maximum atomic E-state index is 11.8. The van der Waals surface area contributed by atoms with Gasteiger partial charge in [0.05, 0.1) is 18.8 Å². The first-order valence-corrected chi connectivity index (χ1v) is 7.60. The Morgan fingerprint density at radius 3 is 2.71 bits per heavy atom. The van der Waals surface area contributed by atoms with Crippen LogP contribution in [0.3, 0.4) is 0 Å². The lowest BCUT2D eigenvalue weighted by atomic mass is 10.1. The van der Waals surface area contributed by atoms with Gasteiger partial charge in [-0.25, -0.2) is 0 Å². The molecule has 110 valence electrons. The zero-order chi connectivity index (χ0) is 15.1. The number of benzene rings is 1. The molecule has 0 saturated carbocycles. The Hall–Kier alpha value is -1.72. The van der Waals surface area contributed by atoms with Gasteiger partial charge in [0.15, 0.2) is 0 Å². The molecule has 4 nitrogen and oxygen atoms in total. The van der Waals surface area contributed by atoms with Gasteiger partial charge in [0.1, 0.15) is 0 Å². The number of aromatic nitrogens is 1. The molecule has 5 heteroatoms. The van der Waals surface area contributed by atoms with E-state index in [2.05, 4.69) is 31.5 Å². The van der Waals surface area contributed by atoms with E-state index in [1.165, 1.54) is 0 Å². The summed E-state index contributed by atoms with van der Waals surface area (Å²) in [7, 11) is 0. The van der Waals surface area contributed by atoms with Crippen molar-refractivity contribution in [3.8, 4) is 0 Å². The lowest BCUT2D eigenvalue weighted by Gasteiger charge is -2.15. The maximum absolute atomic E-state index is 11.8. The fourth-order valence-corrected chi connectivity index (χ4v) is 2.56. The summed E-state index contributed by atoms with van der Waals surface area (Å²) in [4.78, 5) is 16.0. The number of nitrogens with zero attached hydrogens (tertiary/aromatic N) is 1. The first-order chi connectivity index (χ1) is 10.2. The molecule has 1 atom stereocenters. The highest BCUT2D eigenvalue weighted by Crippen LogP contribution is 2.22. The van der Waals surface area contributed by atoms with Gasteiger partial charge >= 0.3 is 0 Å². The third-order valence-electron chi connectivity index (χ3n) is 3.13. The number of rotatable bonds is 6. The molecule has 0 aliphatic rings. The smallest absolute Gasteiger partial charge is 0.234 e. The minimum absolute atomic E-state index is 0.0421. The molecule has 21 heavy (non-hydrogen) atoms. The minimum Gasteiger partial charge on any atom is -0.349 e. The van der Waals surface area contributed by atoms with Gasteiger partial charge in [-0.3, -0.25) is 9.78 Å². The standard InChI is InChI=1S/C16H18BrN3O/c1-12(14-7-2-3-8-15(14)17)19-11-16(21)20-10-13-6-4-5-9-18-13/h2-9,12,19H,10-11H2,1H3,(H,20,21). The largest absolute Gasteiger partial charge is 0.349 e. The fourth-order valence-electron chi connectivity index (χ4n) is 1.94. The van der Waals surface area contributed by atoms with E-state index in [-0.39, 0.29) is 18.5 Å². The van der Waals surface area contributed by atoms with E-state index in [0.717, 1.165) is 15.7 Å². The second kappa shape index (κ2) is 7.90. The van der Waals surface area contributed by atoms with Gasteiger partial charge in [-0.2, -0.15) is 0 Å². The molecule has 1 amide bonds. The topological polar surface area (TPSA) is 54.0 Å². The molecule has 2 aromatic rings. The Bertz CT molecular complexity index is 589. The molecule has 1 unspecified atom stereocenters. The number of carbonyl (C=O) groups is 1. The third-order valence-corrected chi connectivity index (χ3v) is 3.86. The van der Waals surface area contributed by atoms with Crippen LogP contribution < -0.4 is 10.6 Å². The molecule has 0 aliphatic heterocycles. The zero-order valence-corrected chi connectivity index (χ0v) is 13.4. The minimum atomic E-state index is -0.0421. The van der Waals surface area contributed by atoms with Crippen molar-refractivity contribution in [3.05, 3.63) is 64.4 Å². The quantitative estimate of drug-likeness (QED) is 0.844. The number of carbonyl (C=O) groups excluding carboxylic acids is 1. The highest BCUT2D eigenvalue weighted by molar-refractivity contribution is 9.10. The molecule has 1 aromatic heterocycles. The van der Waals surface area contributed by atoms with Crippen LogP contribution in [-0.2, 0) is 11.3 Å². The van der Waals surface area contributed by atoms with Crippen molar-refractivity contribution in [1.29, 1.82) is 0 Å². The van der Waals surface area contributed by atoms with Gasteiger partial charge in [0, 0.05) is 16.7 Å². The van der Waals surface area contributed by atoms with Crippen molar-refractivity contribution < 1.29 is 4.79 Å². The zero-order valence-electron chi connectivity index (χ0n) is 11.8. The van der Waals surface area contributed by atoms with E-state index in [0.29, 0.717) is 6.54 Å². The van der Waals surface area contributed by atoms with Crippen LogP contribution >= 0.6 is 15.9 Å². The van der Waals surface area contributed by atoms with Crippen molar-refractivity contribution in [2.24, 2.45) is 0 Å². The van der Waals surface area contributed by atoms with Crippen molar-refractivity contribution in [2.75, 3.05) is 6.54 Å². The van der Waals surface area contributed by atoms with Crippen LogP contribution in [0.2, 0.25) is 0 Å². The number of halogens is 1. The van der Waals surface area contributed by atoms with Crippen molar-refractivity contribution in [1.82, 2.24) is 15.6 Å². The number of nitrogens with one attached hydrogen (secondary N) is 2. The average Bonchev–Trinajstić information content (AvgIpc) is 2.52. The van der Waals surface area contributed by atoms with E-state index in [1.807, 2.05) is 49.4 Å². The molecule has 0 saturated heterocycles. The molecular formula is C16H18BrN3O. The van der Waals surface area contributed by atoms with E-state index in [9.17, 15) is 4.79 Å². The van der Waals surface area contributed by atoms with Crippen LogP contribution in [0.5, 0.6) is 0 Å². The van der Waals surface area contributed by atoms with Crippen LogP contribution in [-0.4, -0.2) is 17.4 Å². The lowest BCUT2D eigenvalue weighted by Crippen LogP contribution is -2.34. The summed E-state index contributed by atoms with van der Waals surface area (Å²) in [6.07, 6.45) is 1.72. The molecule has 1 aromatic carbocycles. The number of amides is 1. The predicted octanol–water partition coefficient (Wildman–Crippen LogP) is 2.81. The summed E-state index contributed by atoms with van der Waals surface area (Å²) < 4.78 is 1.04. The van der Waals surface area contributed by atoms with Crippen molar-refractivity contribution in [3.63, 3.8) is 0 Å². The monoisotopic (exact) mass is 347 g/mol. The third kappa shape index (κ3) is 4.95. The predicted molar refractivity (Wildman–Crippen MR) is 86.6 cm³/mol. The first-order valence-electron chi connectivity index (χ1n) is 6.81. The molecule has 2 N–H and O–H groups in total. The number of hydrogen-bond acceptors (Lipinski definition) is 3. The normalized spacial score (nSPS) is 11.9. The van der Waals surface area contributed by atoms with Crippen LogP contribution in [0.15, 0.2) is 53.1 Å². The van der Waals surface area contributed by atoms with Crippen LogP contribution in [0.25, 0.3) is 0 Å². The second-order valence-corrected chi connectivity index (χ2v) is 5.58. The fraction of sp³-hybridized carbons (Fsp3) is 0.250. The number of pyridine rings is 1. The Labute approximate surface area is 133 Å². The summed E-state index contributed by atoms with van der Waals surface area (Å²) in [5.41, 5.74) is 1.99. The van der Waals surface area contributed by atoms with Gasteiger partial charge < -0.3 is 10.6 Å². The Morgan fingerprint density at radius 1 is 1.24 bits per heavy atom. The summed E-state index contributed by atoms with van der Waals surface area (Å²) in [6, 6.07) is 13.7. The molecule has 0 bridgehead atoms. The van der Waals surface area contributed by atoms with E-state index in [4.69, 9.17) is 0 Å². The Morgan fingerprint density at radius 2 is 2.00 bits per heavy atom. The van der Waals surface area contributed by atoms with E-state index < -0.39 is 0 Å². The SMILES string of the molecule is CC(NCC(=O)NCc1ccccn1)c1ccccc1Br. The van der Waals surface area contributed by atoms with Gasteiger partial charge in [-0.05, 0) is 30.7 Å².